The van der Waals surface area contributed by atoms with E-state index in [1.807, 2.05) is 25.1 Å². The van der Waals surface area contributed by atoms with Gasteiger partial charge < -0.3 is 15.2 Å². The third-order valence-electron chi connectivity index (χ3n) is 3.76. The number of hydrogen-bond acceptors (Lipinski definition) is 7. The zero-order valence-electron chi connectivity index (χ0n) is 13.7. The van der Waals surface area contributed by atoms with Crippen molar-refractivity contribution in [2.75, 3.05) is 17.8 Å². The first-order chi connectivity index (χ1) is 11.7. The van der Waals surface area contributed by atoms with Crippen molar-refractivity contribution in [2.45, 2.75) is 38.7 Å². The molecule has 0 bridgehead atoms. The molecule has 7 heteroatoms. The molecule has 24 heavy (non-hydrogen) atoms. The van der Waals surface area contributed by atoms with Crippen LogP contribution in [0.1, 0.15) is 38.2 Å². The molecule has 0 atom stereocenters. The van der Waals surface area contributed by atoms with Gasteiger partial charge in [-0.05, 0) is 56.4 Å². The molecule has 0 unspecified atom stereocenters. The Balaban J connectivity index is 1.67. The highest BCUT2D eigenvalue weighted by Crippen LogP contribution is 2.32. The summed E-state index contributed by atoms with van der Waals surface area (Å²) in [6.45, 7) is 2.56. The van der Waals surface area contributed by atoms with E-state index in [9.17, 15) is 0 Å². The van der Waals surface area contributed by atoms with Crippen molar-refractivity contribution in [3.8, 4) is 11.5 Å². The highest BCUT2D eigenvalue weighted by Gasteiger charge is 2.18. The average Bonchev–Trinajstić information content (AvgIpc) is 3.22. The molecule has 0 saturated heterocycles. The fraction of sp³-hybridized carbons (Fsp3) is 0.412. The van der Waals surface area contributed by atoms with Crippen molar-refractivity contribution < 1.29 is 9.47 Å². The second kappa shape index (κ2) is 8.01. The molecule has 1 saturated carbocycles. The van der Waals surface area contributed by atoms with Crippen LogP contribution in [0, 0.1) is 0 Å². The maximum absolute atomic E-state index is 6.08. The highest BCUT2D eigenvalue weighted by atomic mass is 32.1. The summed E-state index contributed by atoms with van der Waals surface area (Å²) >= 11 is 1.41. The van der Waals surface area contributed by atoms with Gasteiger partial charge in [0, 0.05) is 5.38 Å². The molecule has 1 fully saturated rings. The molecule has 1 aromatic heterocycles. The molecular weight excluding hydrogens is 324 g/mol. The Morgan fingerprint density at radius 1 is 1.38 bits per heavy atom. The Bertz CT molecular complexity index is 696. The monoisotopic (exact) mass is 346 g/mol. The molecule has 0 aliphatic heterocycles. The Kier molecular flexibility index (Phi) is 5.53. The van der Waals surface area contributed by atoms with Crippen LogP contribution in [-0.4, -0.2) is 23.9 Å². The summed E-state index contributed by atoms with van der Waals surface area (Å²) in [5, 5.41) is 6.61. The van der Waals surface area contributed by atoms with Gasteiger partial charge >= 0.3 is 0 Å². The molecule has 6 nitrogen and oxygen atoms in total. The molecule has 1 aromatic carbocycles. The molecule has 1 heterocycles. The van der Waals surface area contributed by atoms with Crippen LogP contribution in [0.15, 0.2) is 28.7 Å². The summed E-state index contributed by atoms with van der Waals surface area (Å²) in [4.78, 5) is 4.09. The molecule has 1 aliphatic carbocycles. The summed E-state index contributed by atoms with van der Waals surface area (Å²) in [5.41, 5.74) is 9.36. The standard InChI is InChI=1S/C17H22N4O2S/c1-2-22-15-9-12(10-19-21-17-20-16(18)11-24-17)7-8-14(15)23-13-5-3-4-6-13/h7-11,13H,2-6,18H2,1H3,(H,20,21). The number of hydrazone groups is 1. The molecular formula is C17H22N4O2S. The Labute approximate surface area is 145 Å². The summed E-state index contributed by atoms with van der Waals surface area (Å²) in [7, 11) is 0. The van der Waals surface area contributed by atoms with E-state index in [0.29, 0.717) is 23.7 Å². The van der Waals surface area contributed by atoms with E-state index in [2.05, 4.69) is 15.5 Å². The maximum atomic E-state index is 6.08. The summed E-state index contributed by atoms with van der Waals surface area (Å²) < 4.78 is 11.8. The van der Waals surface area contributed by atoms with Crippen LogP contribution >= 0.6 is 11.3 Å². The van der Waals surface area contributed by atoms with Crippen molar-refractivity contribution in [2.24, 2.45) is 5.10 Å². The van der Waals surface area contributed by atoms with Crippen molar-refractivity contribution in [3.63, 3.8) is 0 Å². The fourth-order valence-corrected chi connectivity index (χ4v) is 3.20. The SMILES string of the molecule is CCOc1cc(C=NNc2nc(N)cs2)ccc1OC1CCCC1. The topological polar surface area (TPSA) is 81.8 Å². The van der Waals surface area contributed by atoms with E-state index < -0.39 is 0 Å². The number of nitrogens with zero attached hydrogens (tertiary/aromatic N) is 2. The molecule has 3 rings (SSSR count). The van der Waals surface area contributed by atoms with Gasteiger partial charge in [-0.15, -0.1) is 11.3 Å². The van der Waals surface area contributed by atoms with Gasteiger partial charge in [0.25, 0.3) is 0 Å². The number of hydrogen-bond donors (Lipinski definition) is 2. The number of rotatable bonds is 7. The summed E-state index contributed by atoms with van der Waals surface area (Å²) in [6, 6.07) is 5.86. The average molecular weight is 346 g/mol. The summed E-state index contributed by atoms with van der Waals surface area (Å²) in [5.74, 6) is 2.05. The van der Waals surface area contributed by atoms with Crippen LogP contribution in [0.5, 0.6) is 11.5 Å². The van der Waals surface area contributed by atoms with Crippen LogP contribution in [0.4, 0.5) is 10.9 Å². The summed E-state index contributed by atoms with van der Waals surface area (Å²) in [6.07, 6.45) is 6.75. The van der Waals surface area contributed by atoms with Gasteiger partial charge in [0.1, 0.15) is 5.82 Å². The maximum Gasteiger partial charge on any atom is 0.205 e. The lowest BCUT2D eigenvalue weighted by Crippen LogP contribution is -2.12. The highest BCUT2D eigenvalue weighted by molar-refractivity contribution is 7.14. The minimum atomic E-state index is 0.306. The van der Waals surface area contributed by atoms with E-state index >= 15 is 0 Å². The van der Waals surface area contributed by atoms with Gasteiger partial charge in [-0.2, -0.15) is 5.10 Å². The molecule has 128 valence electrons. The first kappa shape index (κ1) is 16.6. The molecule has 0 radical (unpaired) electrons. The van der Waals surface area contributed by atoms with Crippen LogP contribution in [0.2, 0.25) is 0 Å². The van der Waals surface area contributed by atoms with Crippen molar-refractivity contribution in [1.82, 2.24) is 4.98 Å². The van der Waals surface area contributed by atoms with Gasteiger partial charge in [-0.3, -0.25) is 5.43 Å². The molecule has 0 spiro atoms. The Morgan fingerprint density at radius 2 is 2.21 bits per heavy atom. The first-order valence-electron chi connectivity index (χ1n) is 8.18. The van der Waals surface area contributed by atoms with Crippen molar-refractivity contribution >= 4 is 28.5 Å². The predicted molar refractivity (Wildman–Crippen MR) is 98.2 cm³/mol. The molecule has 2 aromatic rings. The number of anilines is 2. The van der Waals surface area contributed by atoms with Crippen LogP contribution < -0.4 is 20.6 Å². The number of benzene rings is 1. The third-order valence-corrected chi connectivity index (χ3v) is 4.52. The van der Waals surface area contributed by atoms with E-state index in [4.69, 9.17) is 15.2 Å². The number of nitrogens with one attached hydrogen (secondary N) is 1. The number of ether oxygens (including phenoxy) is 2. The van der Waals surface area contributed by atoms with Crippen molar-refractivity contribution in [1.29, 1.82) is 0 Å². The lowest BCUT2D eigenvalue weighted by molar-refractivity contribution is 0.197. The smallest absolute Gasteiger partial charge is 0.205 e. The van der Waals surface area contributed by atoms with Crippen molar-refractivity contribution in [3.05, 3.63) is 29.1 Å². The number of aromatic nitrogens is 1. The quantitative estimate of drug-likeness (QED) is 0.587. The number of nitrogens with two attached hydrogens (primary N) is 1. The Morgan fingerprint density at radius 3 is 2.92 bits per heavy atom. The van der Waals surface area contributed by atoms with Gasteiger partial charge in [0.05, 0.1) is 18.9 Å². The van der Waals surface area contributed by atoms with Gasteiger partial charge in [0.2, 0.25) is 5.13 Å². The van der Waals surface area contributed by atoms with Crippen LogP contribution in [-0.2, 0) is 0 Å². The van der Waals surface area contributed by atoms with Crippen LogP contribution in [0.25, 0.3) is 0 Å². The lowest BCUT2D eigenvalue weighted by Gasteiger charge is -2.16. The van der Waals surface area contributed by atoms with Gasteiger partial charge in [0.15, 0.2) is 11.5 Å². The fourth-order valence-electron chi connectivity index (χ4n) is 2.66. The second-order valence-corrected chi connectivity index (χ2v) is 6.47. The molecule has 1 aliphatic rings. The third kappa shape index (κ3) is 4.38. The van der Waals surface area contributed by atoms with E-state index in [0.717, 1.165) is 29.9 Å². The number of nitrogen functional groups attached to an aromatic ring is 1. The lowest BCUT2D eigenvalue weighted by atomic mass is 10.2. The van der Waals surface area contributed by atoms with E-state index in [1.165, 1.54) is 24.2 Å². The molecule has 0 amide bonds. The van der Waals surface area contributed by atoms with Crippen LogP contribution in [0.3, 0.4) is 0 Å². The minimum Gasteiger partial charge on any atom is -0.490 e. The largest absolute Gasteiger partial charge is 0.490 e. The van der Waals surface area contributed by atoms with Gasteiger partial charge in [-0.1, -0.05) is 0 Å². The molecule has 3 N–H and O–H groups in total. The van der Waals surface area contributed by atoms with E-state index in [-0.39, 0.29) is 0 Å². The Hall–Kier alpha value is -2.28. The minimum absolute atomic E-state index is 0.306. The normalized spacial score (nSPS) is 15.0. The van der Waals surface area contributed by atoms with E-state index in [1.54, 1.807) is 11.6 Å². The van der Waals surface area contributed by atoms with Gasteiger partial charge in [-0.25, -0.2) is 4.98 Å². The first-order valence-corrected chi connectivity index (χ1v) is 9.06. The zero-order valence-corrected chi connectivity index (χ0v) is 14.5. The predicted octanol–water partition coefficient (Wildman–Crippen LogP) is 3.89. The zero-order chi connectivity index (χ0) is 16.8. The second-order valence-electron chi connectivity index (χ2n) is 5.61. The number of thiazole rings is 1.